The van der Waals surface area contributed by atoms with Gasteiger partial charge in [0, 0.05) is 30.1 Å². The van der Waals surface area contributed by atoms with Crippen LogP contribution in [0.3, 0.4) is 0 Å². The summed E-state index contributed by atoms with van der Waals surface area (Å²) >= 11 is 0. The van der Waals surface area contributed by atoms with Crippen molar-refractivity contribution in [2.24, 2.45) is 22.7 Å². The molecule has 0 heterocycles. The number of hydrogen-bond donors (Lipinski definition) is 1. The molecule has 0 radical (unpaired) electrons. The van der Waals surface area contributed by atoms with Crippen molar-refractivity contribution in [3.63, 3.8) is 0 Å². The summed E-state index contributed by atoms with van der Waals surface area (Å²) in [6.45, 7) is 18.9. The van der Waals surface area contributed by atoms with Crippen LogP contribution < -0.4 is 5.32 Å². The zero-order chi connectivity index (χ0) is 23.5. The van der Waals surface area contributed by atoms with E-state index < -0.39 is 5.41 Å². The minimum Gasteiger partial charge on any atom is -0.379 e. The molecule has 0 unspecified atom stereocenters. The Labute approximate surface area is 183 Å². The minimum atomic E-state index is -0.530. The third kappa shape index (κ3) is 13.1. The summed E-state index contributed by atoms with van der Waals surface area (Å²) < 4.78 is 11.3. The van der Waals surface area contributed by atoms with Crippen LogP contribution in [0.15, 0.2) is 0 Å². The molecule has 1 amide bonds. The van der Waals surface area contributed by atoms with Crippen LogP contribution >= 0.6 is 0 Å². The van der Waals surface area contributed by atoms with Gasteiger partial charge in [0.25, 0.3) is 0 Å². The van der Waals surface area contributed by atoms with E-state index in [0.717, 1.165) is 6.42 Å². The number of carbonyl (C=O) groups is 3. The van der Waals surface area contributed by atoms with Gasteiger partial charge in [-0.15, -0.1) is 0 Å². The van der Waals surface area contributed by atoms with Crippen molar-refractivity contribution >= 4 is 17.5 Å². The molecule has 0 spiro atoms. The zero-order valence-corrected chi connectivity index (χ0v) is 20.7. The minimum absolute atomic E-state index is 0.0101. The van der Waals surface area contributed by atoms with Crippen LogP contribution in [-0.4, -0.2) is 49.9 Å². The maximum Gasteiger partial charge on any atom is 0.226 e. The van der Waals surface area contributed by atoms with Crippen LogP contribution in [0, 0.1) is 22.7 Å². The van der Waals surface area contributed by atoms with Gasteiger partial charge in [0.05, 0.1) is 32.5 Å². The summed E-state index contributed by atoms with van der Waals surface area (Å²) in [5.74, 6) is 0.245. The maximum atomic E-state index is 12.9. The zero-order valence-electron chi connectivity index (χ0n) is 20.7. The van der Waals surface area contributed by atoms with Gasteiger partial charge in [-0.1, -0.05) is 62.3 Å². The molecule has 0 saturated heterocycles. The summed E-state index contributed by atoms with van der Waals surface area (Å²) in [5, 5.41) is 3.04. The molecule has 0 aromatic heterocycles. The number of amides is 1. The third-order valence-corrected chi connectivity index (χ3v) is 4.83. The lowest BCUT2D eigenvalue weighted by Crippen LogP contribution is -2.48. The molecule has 6 nitrogen and oxygen atoms in total. The van der Waals surface area contributed by atoms with Crippen molar-refractivity contribution in [3.05, 3.63) is 0 Å². The number of carbonyl (C=O) groups excluding carboxylic acids is 3. The van der Waals surface area contributed by atoms with E-state index in [1.54, 1.807) is 0 Å². The van der Waals surface area contributed by atoms with E-state index in [2.05, 4.69) is 26.1 Å². The maximum absolute atomic E-state index is 12.9. The summed E-state index contributed by atoms with van der Waals surface area (Å²) in [4.78, 5) is 36.4. The van der Waals surface area contributed by atoms with E-state index in [9.17, 15) is 14.4 Å². The highest BCUT2D eigenvalue weighted by Crippen LogP contribution is 2.33. The Balaban J connectivity index is 4.77. The predicted molar refractivity (Wildman–Crippen MR) is 120 cm³/mol. The molecule has 0 aromatic rings. The Morgan fingerprint density at radius 2 is 1.17 bits per heavy atom. The monoisotopic (exact) mass is 427 g/mol. The largest absolute Gasteiger partial charge is 0.379 e. The van der Waals surface area contributed by atoms with Gasteiger partial charge in [0.1, 0.15) is 11.6 Å². The number of ketones is 2. The molecule has 176 valence electrons. The molecule has 0 bridgehead atoms. The van der Waals surface area contributed by atoms with Gasteiger partial charge in [-0.05, 0) is 11.8 Å². The Morgan fingerprint density at radius 3 is 1.50 bits per heavy atom. The van der Waals surface area contributed by atoms with Crippen molar-refractivity contribution in [1.82, 2.24) is 5.32 Å². The Hall–Kier alpha value is -1.27. The first kappa shape index (κ1) is 28.7. The third-order valence-electron chi connectivity index (χ3n) is 4.83. The van der Waals surface area contributed by atoms with Gasteiger partial charge < -0.3 is 14.8 Å². The van der Waals surface area contributed by atoms with Gasteiger partial charge in [-0.3, -0.25) is 14.4 Å². The average molecular weight is 428 g/mol. The molecule has 0 fully saturated rings. The molecule has 0 rings (SSSR count). The Morgan fingerprint density at radius 1 is 0.767 bits per heavy atom. The van der Waals surface area contributed by atoms with Crippen LogP contribution in [-0.2, 0) is 23.9 Å². The molecule has 0 aliphatic heterocycles. The molecule has 6 heteroatoms. The first-order chi connectivity index (χ1) is 13.7. The Kier molecular flexibility index (Phi) is 12.6. The number of nitrogens with one attached hydrogen (secondary N) is 1. The van der Waals surface area contributed by atoms with Crippen LogP contribution in [0.1, 0.15) is 81.6 Å². The van der Waals surface area contributed by atoms with Gasteiger partial charge in [0.2, 0.25) is 5.91 Å². The molecule has 30 heavy (non-hydrogen) atoms. The molecule has 0 aliphatic rings. The molecular formula is C24H45NO5. The lowest BCUT2D eigenvalue weighted by atomic mass is 9.75. The van der Waals surface area contributed by atoms with E-state index in [1.807, 2.05) is 41.5 Å². The van der Waals surface area contributed by atoms with E-state index in [0.29, 0.717) is 26.1 Å². The standard InChI is InChI=1S/C24H45NO5/c1-17(2)20(26)10-12-29-14-19(15-30-13-11-21(27)18(3)4)25-22(28)24(8,9)16-23(5,6)7/h17-19H,10-16H2,1-9H3,(H,25,28). The van der Waals surface area contributed by atoms with E-state index in [-0.39, 0.29) is 54.0 Å². The number of Topliss-reactive ketones (excluding diaryl/α,β-unsaturated/α-hetero) is 2. The fourth-order valence-corrected chi connectivity index (χ4v) is 3.29. The topological polar surface area (TPSA) is 81.7 Å². The highest BCUT2D eigenvalue weighted by Gasteiger charge is 2.33. The number of hydrogen-bond acceptors (Lipinski definition) is 5. The van der Waals surface area contributed by atoms with E-state index in [1.165, 1.54) is 0 Å². The summed E-state index contributed by atoms with van der Waals surface area (Å²) in [6, 6.07) is -0.333. The van der Waals surface area contributed by atoms with E-state index in [4.69, 9.17) is 9.47 Å². The van der Waals surface area contributed by atoms with Crippen LogP contribution in [0.4, 0.5) is 0 Å². The smallest absolute Gasteiger partial charge is 0.226 e. The lowest BCUT2D eigenvalue weighted by Gasteiger charge is -2.32. The normalized spacial score (nSPS) is 12.7. The van der Waals surface area contributed by atoms with Crippen molar-refractivity contribution in [1.29, 1.82) is 0 Å². The quantitative estimate of drug-likeness (QED) is 0.396. The van der Waals surface area contributed by atoms with Crippen LogP contribution in [0.5, 0.6) is 0 Å². The highest BCUT2D eigenvalue weighted by atomic mass is 16.5. The van der Waals surface area contributed by atoms with Crippen molar-refractivity contribution < 1.29 is 23.9 Å². The molecule has 1 N–H and O–H groups in total. The summed E-state index contributed by atoms with van der Waals surface area (Å²) in [7, 11) is 0. The average Bonchev–Trinajstić information content (AvgIpc) is 2.58. The SMILES string of the molecule is CC(C)C(=O)CCOCC(COCCC(=O)C(C)C)NC(=O)C(C)(C)CC(C)(C)C. The fourth-order valence-electron chi connectivity index (χ4n) is 3.29. The second-order valence-electron chi connectivity index (χ2n) is 10.7. The van der Waals surface area contributed by atoms with Crippen LogP contribution in [0.2, 0.25) is 0 Å². The number of ether oxygens (including phenoxy) is 2. The molecule has 0 aliphatic carbocycles. The second kappa shape index (κ2) is 13.2. The van der Waals surface area contributed by atoms with Gasteiger partial charge in [-0.2, -0.15) is 0 Å². The van der Waals surface area contributed by atoms with Gasteiger partial charge in [0.15, 0.2) is 0 Å². The van der Waals surface area contributed by atoms with E-state index >= 15 is 0 Å². The Bertz CT molecular complexity index is 518. The molecule has 0 saturated carbocycles. The molecule has 0 aromatic carbocycles. The second-order valence-corrected chi connectivity index (χ2v) is 10.7. The number of rotatable bonds is 15. The fraction of sp³-hybridized carbons (Fsp3) is 0.875. The lowest BCUT2D eigenvalue weighted by molar-refractivity contribution is -0.133. The van der Waals surface area contributed by atoms with Gasteiger partial charge >= 0.3 is 0 Å². The molecular weight excluding hydrogens is 382 g/mol. The van der Waals surface area contributed by atoms with Crippen molar-refractivity contribution in [2.45, 2.75) is 87.6 Å². The van der Waals surface area contributed by atoms with Crippen molar-refractivity contribution in [2.75, 3.05) is 26.4 Å². The summed E-state index contributed by atoms with van der Waals surface area (Å²) in [5.41, 5.74) is -0.504. The van der Waals surface area contributed by atoms with Crippen molar-refractivity contribution in [3.8, 4) is 0 Å². The molecule has 0 atom stereocenters. The highest BCUT2D eigenvalue weighted by molar-refractivity contribution is 5.82. The first-order valence-corrected chi connectivity index (χ1v) is 11.2. The predicted octanol–water partition coefficient (Wildman–Crippen LogP) is 4.20. The first-order valence-electron chi connectivity index (χ1n) is 11.2. The van der Waals surface area contributed by atoms with Crippen LogP contribution in [0.25, 0.3) is 0 Å². The summed E-state index contributed by atoms with van der Waals surface area (Å²) in [6.07, 6.45) is 1.46. The van der Waals surface area contributed by atoms with Gasteiger partial charge in [-0.25, -0.2) is 0 Å².